The fourth-order valence-electron chi connectivity index (χ4n) is 5.16. The fraction of sp³-hybridized carbons (Fsp3) is 0.615. The van der Waals surface area contributed by atoms with Gasteiger partial charge in [0, 0.05) is 31.9 Å². The molecule has 2 atom stereocenters. The topological polar surface area (TPSA) is 100 Å². The largest absolute Gasteiger partial charge is 0.381 e. The number of hydrogen-bond donors (Lipinski definition) is 2. The van der Waals surface area contributed by atoms with E-state index in [-0.39, 0.29) is 23.8 Å². The Hall–Kier alpha value is -2.39. The van der Waals surface area contributed by atoms with Crippen molar-refractivity contribution in [2.75, 3.05) is 26.0 Å². The SMILES string of the molecule is CN1C(=NNC(=O)C(=O)C(NC(=O)C2CCCCCC2)C2CCOCC2)SC[C@H]1c1ccccc1. The number of amidine groups is 1. The van der Waals surface area contributed by atoms with Crippen molar-refractivity contribution in [1.82, 2.24) is 15.6 Å². The van der Waals surface area contributed by atoms with Crippen molar-refractivity contribution in [3.63, 3.8) is 0 Å². The Morgan fingerprint density at radius 3 is 2.40 bits per heavy atom. The monoisotopic (exact) mass is 500 g/mol. The third kappa shape index (κ3) is 6.64. The number of nitrogens with one attached hydrogen (secondary N) is 2. The number of ketones is 1. The van der Waals surface area contributed by atoms with Crippen molar-refractivity contribution in [3.05, 3.63) is 35.9 Å². The van der Waals surface area contributed by atoms with Crippen molar-refractivity contribution >= 4 is 34.5 Å². The van der Waals surface area contributed by atoms with Gasteiger partial charge in [-0.1, -0.05) is 67.8 Å². The zero-order valence-corrected chi connectivity index (χ0v) is 21.2. The fourth-order valence-corrected chi connectivity index (χ4v) is 6.32. The molecular formula is C26H36N4O4S. The number of amides is 2. The maximum absolute atomic E-state index is 13.2. The number of carbonyl (C=O) groups is 3. The summed E-state index contributed by atoms with van der Waals surface area (Å²) >= 11 is 1.54. The summed E-state index contributed by atoms with van der Waals surface area (Å²) in [5.41, 5.74) is 3.64. The molecule has 1 aromatic rings. The van der Waals surface area contributed by atoms with Crippen LogP contribution in [0.1, 0.15) is 63.0 Å². The highest BCUT2D eigenvalue weighted by molar-refractivity contribution is 8.14. The second-order valence-electron chi connectivity index (χ2n) is 9.67. The second kappa shape index (κ2) is 12.5. The van der Waals surface area contributed by atoms with Gasteiger partial charge in [-0.05, 0) is 37.2 Å². The molecule has 3 aliphatic rings. The van der Waals surface area contributed by atoms with E-state index in [0.717, 1.165) is 44.3 Å². The number of carbonyl (C=O) groups excluding carboxylic acids is 3. The summed E-state index contributed by atoms with van der Waals surface area (Å²) in [5, 5.41) is 7.88. The number of hydrazone groups is 1. The Morgan fingerprint density at radius 2 is 1.71 bits per heavy atom. The van der Waals surface area contributed by atoms with Crippen LogP contribution in [0.5, 0.6) is 0 Å². The number of hydrogen-bond acceptors (Lipinski definition) is 6. The van der Waals surface area contributed by atoms with Crippen molar-refractivity contribution in [1.29, 1.82) is 0 Å². The van der Waals surface area contributed by atoms with Crippen LogP contribution in [-0.2, 0) is 19.1 Å². The van der Waals surface area contributed by atoms with E-state index in [1.165, 1.54) is 17.3 Å². The van der Waals surface area contributed by atoms with Crippen molar-refractivity contribution in [2.24, 2.45) is 16.9 Å². The highest BCUT2D eigenvalue weighted by Gasteiger charge is 2.37. The smallest absolute Gasteiger partial charge is 0.309 e. The van der Waals surface area contributed by atoms with Crippen molar-refractivity contribution < 1.29 is 19.1 Å². The zero-order chi connectivity index (χ0) is 24.6. The van der Waals surface area contributed by atoms with Gasteiger partial charge in [-0.15, -0.1) is 5.10 Å². The number of Topliss-reactive ketones (excluding diaryl/α,β-unsaturated/α-hetero) is 1. The number of rotatable bonds is 7. The Bertz CT molecular complexity index is 911. The van der Waals surface area contributed by atoms with Gasteiger partial charge in [0.1, 0.15) is 6.04 Å². The van der Waals surface area contributed by atoms with Gasteiger partial charge in [-0.3, -0.25) is 14.4 Å². The van der Waals surface area contributed by atoms with Gasteiger partial charge in [-0.2, -0.15) is 0 Å². The Balaban J connectivity index is 1.40. The van der Waals surface area contributed by atoms with Gasteiger partial charge in [0.15, 0.2) is 5.17 Å². The van der Waals surface area contributed by atoms with Crippen LogP contribution >= 0.6 is 11.8 Å². The summed E-state index contributed by atoms with van der Waals surface area (Å²) in [6.07, 6.45) is 7.31. The minimum absolute atomic E-state index is 0.0885. The van der Waals surface area contributed by atoms with Gasteiger partial charge in [0.25, 0.3) is 0 Å². The number of benzene rings is 1. The highest BCUT2D eigenvalue weighted by Crippen LogP contribution is 2.33. The molecule has 8 nitrogen and oxygen atoms in total. The van der Waals surface area contributed by atoms with E-state index in [0.29, 0.717) is 31.2 Å². The van der Waals surface area contributed by atoms with Crippen LogP contribution in [0.15, 0.2) is 35.4 Å². The lowest BCUT2D eigenvalue weighted by atomic mass is 9.87. The molecule has 2 N–H and O–H groups in total. The number of nitrogens with zero attached hydrogens (tertiary/aromatic N) is 2. The molecule has 0 bridgehead atoms. The van der Waals surface area contributed by atoms with Crippen LogP contribution in [0, 0.1) is 11.8 Å². The zero-order valence-electron chi connectivity index (χ0n) is 20.4. The van der Waals surface area contributed by atoms with Crippen LogP contribution in [0.3, 0.4) is 0 Å². The molecule has 1 aromatic carbocycles. The third-order valence-corrected chi connectivity index (χ3v) is 8.46. The van der Waals surface area contributed by atoms with Crippen LogP contribution < -0.4 is 10.7 Å². The maximum atomic E-state index is 13.2. The summed E-state index contributed by atoms with van der Waals surface area (Å²) in [7, 11) is 1.93. The minimum atomic E-state index is -0.846. The normalized spacial score (nSPS) is 24.1. The molecule has 1 unspecified atom stereocenters. The molecular weight excluding hydrogens is 464 g/mol. The molecule has 9 heteroatoms. The highest BCUT2D eigenvalue weighted by atomic mass is 32.2. The lowest BCUT2D eigenvalue weighted by Gasteiger charge is -2.30. The predicted octanol–water partition coefficient (Wildman–Crippen LogP) is 3.24. The van der Waals surface area contributed by atoms with E-state index >= 15 is 0 Å². The number of ether oxygens (including phenoxy) is 1. The lowest BCUT2D eigenvalue weighted by molar-refractivity contribution is -0.142. The quantitative estimate of drug-likeness (QED) is 0.339. The number of thioether (sulfide) groups is 1. The van der Waals surface area contributed by atoms with Gasteiger partial charge in [0.05, 0.1) is 6.04 Å². The first kappa shape index (κ1) is 25.7. The van der Waals surface area contributed by atoms with Crippen LogP contribution in [0.4, 0.5) is 0 Å². The average molecular weight is 501 g/mol. The molecule has 2 aliphatic heterocycles. The molecule has 2 heterocycles. The summed E-state index contributed by atoms with van der Waals surface area (Å²) in [6.45, 7) is 1.06. The first-order valence-corrected chi connectivity index (χ1v) is 13.7. The van der Waals surface area contributed by atoms with Gasteiger partial charge < -0.3 is 15.0 Å². The molecule has 2 amide bonds. The lowest BCUT2D eigenvalue weighted by Crippen LogP contribution is -2.53. The third-order valence-electron chi connectivity index (χ3n) is 7.34. The molecule has 1 aliphatic carbocycles. The van der Waals surface area contributed by atoms with E-state index in [2.05, 4.69) is 28.0 Å². The van der Waals surface area contributed by atoms with E-state index < -0.39 is 17.7 Å². The minimum Gasteiger partial charge on any atom is -0.381 e. The molecule has 0 aromatic heterocycles. The standard InChI is InChI=1S/C26H36N4O4S/c1-30-21(18-9-7-4-8-10-18)17-35-26(30)29-28-25(33)23(31)22(19-13-15-34-16-14-19)27-24(32)20-11-5-2-3-6-12-20/h4,7-10,19-22H,2-3,5-6,11-17H2,1H3,(H,27,32)(H,28,33)/t21-,22?/m0/s1. The Kier molecular flexibility index (Phi) is 9.20. The molecule has 4 rings (SSSR count). The Morgan fingerprint density at radius 1 is 1.03 bits per heavy atom. The summed E-state index contributed by atoms with van der Waals surface area (Å²) in [6, 6.07) is 9.44. The molecule has 35 heavy (non-hydrogen) atoms. The predicted molar refractivity (Wildman–Crippen MR) is 137 cm³/mol. The van der Waals surface area contributed by atoms with E-state index in [1.54, 1.807) is 0 Å². The molecule has 0 radical (unpaired) electrons. The molecule has 0 spiro atoms. The summed E-state index contributed by atoms with van der Waals surface area (Å²) < 4.78 is 5.45. The average Bonchev–Trinajstić information content (AvgIpc) is 3.08. The van der Waals surface area contributed by atoms with Gasteiger partial charge in [-0.25, -0.2) is 5.43 Å². The van der Waals surface area contributed by atoms with Crippen molar-refractivity contribution in [2.45, 2.75) is 63.5 Å². The Labute approximate surface area is 211 Å². The van der Waals surface area contributed by atoms with E-state index in [9.17, 15) is 14.4 Å². The van der Waals surface area contributed by atoms with Crippen LogP contribution in [0.2, 0.25) is 0 Å². The molecule has 3 fully saturated rings. The summed E-state index contributed by atoms with van der Waals surface area (Å²) in [4.78, 5) is 41.2. The van der Waals surface area contributed by atoms with E-state index in [4.69, 9.17) is 4.74 Å². The van der Waals surface area contributed by atoms with Gasteiger partial charge in [0.2, 0.25) is 11.7 Å². The van der Waals surface area contributed by atoms with Gasteiger partial charge >= 0.3 is 5.91 Å². The summed E-state index contributed by atoms with van der Waals surface area (Å²) in [5.74, 6) is -0.913. The second-order valence-corrected chi connectivity index (χ2v) is 10.7. The first-order chi connectivity index (χ1) is 17.0. The van der Waals surface area contributed by atoms with Crippen LogP contribution in [-0.4, -0.2) is 59.7 Å². The van der Waals surface area contributed by atoms with Crippen LogP contribution in [0.25, 0.3) is 0 Å². The van der Waals surface area contributed by atoms with Crippen molar-refractivity contribution in [3.8, 4) is 0 Å². The molecule has 190 valence electrons. The van der Waals surface area contributed by atoms with E-state index in [1.807, 2.05) is 30.1 Å². The molecule has 1 saturated carbocycles. The maximum Gasteiger partial charge on any atom is 0.309 e. The first-order valence-electron chi connectivity index (χ1n) is 12.7. The molecule has 2 saturated heterocycles.